The minimum Gasteiger partial charge on any atom is -0.352 e. The topological polar surface area (TPSA) is 86.8 Å². The number of sulfonamides is 1. The van der Waals surface area contributed by atoms with Crippen LogP contribution in [0.15, 0.2) is 36.4 Å². The second-order valence-electron chi connectivity index (χ2n) is 8.93. The molecule has 2 atom stereocenters. The highest BCUT2D eigenvalue weighted by atomic mass is 35.5. The number of nitrogens with zero attached hydrogens (tertiary/aromatic N) is 2. The Morgan fingerprint density at radius 1 is 1.00 bits per heavy atom. The third-order valence-corrected chi connectivity index (χ3v) is 8.00. The van der Waals surface area contributed by atoms with Gasteiger partial charge in [-0.15, -0.1) is 0 Å². The highest BCUT2D eigenvalue weighted by Crippen LogP contribution is 2.36. The maximum absolute atomic E-state index is 13.7. The fourth-order valence-corrected chi connectivity index (χ4v) is 5.26. The van der Waals surface area contributed by atoms with Gasteiger partial charge in [-0.3, -0.25) is 13.9 Å². The van der Waals surface area contributed by atoms with Gasteiger partial charge in [0.2, 0.25) is 21.8 Å². The third-order valence-electron chi connectivity index (χ3n) is 5.96. The van der Waals surface area contributed by atoms with Gasteiger partial charge in [0.05, 0.1) is 22.5 Å². The Hall–Kier alpha value is -2.21. The molecule has 0 saturated carbocycles. The Bertz CT molecular complexity index is 1310. The molecule has 39 heavy (non-hydrogen) atoms. The quantitative estimate of drug-likeness (QED) is 0.323. The van der Waals surface area contributed by atoms with E-state index in [1.807, 2.05) is 6.92 Å². The van der Waals surface area contributed by atoms with Crippen LogP contribution in [0.1, 0.15) is 44.7 Å². The van der Waals surface area contributed by atoms with E-state index in [1.54, 1.807) is 19.9 Å². The van der Waals surface area contributed by atoms with Gasteiger partial charge in [0.15, 0.2) is 0 Å². The molecule has 0 radical (unpaired) electrons. The van der Waals surface area contributed by atoms with Gasteiger partial charge < -0.3 is 10.2 Å². The standard InChI is InChI=1S/C25H29Cl3F3N3O4S/c1-5-15(3)32-24(36)21(6-2)33(13-16-7-9-18(26)12-20(16)28)23(35)14-34(39(4,37)38)22-11-17(25(29,30)31)8-10-19(22)27/h7-12,15,21H,5-6,13-14H2,1-4H3,(H,32,36)/t15-,21+/m0/s1. The summed E-state index contributed by atoms with van der Waals surface area (Å²) in [5.74, 6) is -1.33. The number of hydrogen-bond acceptors (Lipinski definition) is 4. The Balaban J connectivity index is 2.58. The molecular formula is C25H29Cl3F3N3O4S. The number of amides is 2. The van der Waals surface area contributed by atoms with E-state index >= 15 is 0 Å². The second-order valence-corrected chi connectivity index (χ2v) is 12.1. The normalized spacial score (nSPS) is 13.5. The third kappa shape index (κ3) is 8.89. The summed E-state index contributed by atoms with van der Waals surface area (Å²) in [6, 6.07) is 5.46. The molecule has 0 aromatic heterocycles. The van der Waals surface area contributed by atoms with Crippen molar-refractivity contribution < 1.29 is 31.2 Å². The zero-order chi connectivity index (χ0) is 29.7. The number of rotatable bonds is 11. The summed E-state index contributed by atoms with van der Waals surface area (Å²) < 4.78 is 66.1. The first kappa shape index (κ1) is 33.0. The van der Waals surface area contributed by atoms with Crippen molar-refractivity contribution in [3.05, 3.63) is 62.6 Å². The first-order valence-electron chi connectivity index (χ1n) is 11.9. The van der Waals surface area contributed by atoms with Crippen molar-refractivity contribution in [2.45, 2.75) is 58.4 Å². The largest absolute Gasteiger partial charge is 0.416 e. The van der Waals surface area contributed by atoms with E-state index in [9.17, 15) is 31.2 Å². The van der Waals surface area contributed by atoms with E-state index < -0.39 is 51.9 Å². The molecule has 2 amide bonds. The molecule has 216 valence electrons. The van der Waals surface area contributed by atoms with Crippen LogP contribution in [0.2, 0.25) is 15.1 Å². The highest BCUT2D eigenvalue weighted by molar-refractivity contribution is 7.92. The van der Waals surface area contributed by atoms with E-state index in [-0.39, 0.29) is 29.1 Å². The summed E-state index contributed by atoms with van der Waals surface area (Å²) in [6.45, 7) is 4.20. The average Bonchev–Trinajstić information content (AvgIpc) is 2.82. The predicted molar refractivity (Wildman–Crippen MR) is 148 cm³/mol. The van der Waals surface area contributed by atoms with Crippen molar-refractivity contribution in [3.63, 3.8) is 0 Å². The predicted octanol–water partition coefficient (Wildman–Crippen LogP) is 6.15. The lowest BCUT2D eigenvalue weighted by Crippen LogP contribution is -2.53. The van der Waals surface area contributed by atoms with E-state index in [0.717, 1.165) is 17.2 Å². The monoisotopic (exact) mass is 629 g/mol. The van der Waals surface area contributed by atoms with Crippen LogP contribution in [0.5, 0.6) is 0 Å². The van der Waals surface area contributed by atoms with Gasteiger partial charge in [-0.25, -0.2) is 8.42 Å². The lowest BCUT2D eigenvalue weighted by atomic mass is 10.1. The number of hydrogen-bond donors (Lipinski definition) is 1. The van der Waals surface area contributed by atoms with Crippen LogP contribution in [0.4, 0.5) is 18.9 Å². The molecule has 2 aromatic rings. The highest BCUT2D eigenvalue weighted by Gasteiger charge is 2.35. The summed E-state index contributed by atoms with van der Waals surface area (Å²) in [5, 5.41) is 3.04. The molecule has 0 heterocycles. The fraction of sp³-hybridized carbons (Fsp3) is 0.440. The first-order chi connectivity index (χ1) is 18.0. The molecule has 0 aliphatic heterocycles. The minimum atomic E-state index is -4.79. The summed E-state index contributed by atoms with van der Waals surface area (Å²) >= 11 is 18.4. The molecule has 2 rings (SSSR count). The molecule has 0 aliphatic rings. The van der Waals surface area contributed by atoms with E-state index in [0.29, 0.717) is 33.4 Å². The number of halogens is 6. The lowest BCUT2D eigenvalue weighted by molar-refractivity contribution is -0.140. The summed E-state index contributed by atoms with van der Waals surface area (Å²) in [5.41, 5.74) is -1.25. The Labute approximate surface area is 241 Å². The molecule has 2 aromatic carbocycles. The Morgan fingerprint density at radius 2 is 1.64 bits per heavy atom. The zero-order valence-electron chi connectivity index (χ0n) is 21.7. The molecule has 7 nitrogen and oxygen atoms in total. The Morgan fingerprint density at radius 3 is 2.15 bits per heavy atom. The van der Waals surface area contributed by atoms with Crippen molar-refractivity contribution in [3.8, 4) is 0 Å². The van der Waals surface area contributed by atoms with Gasteiger partial charge in [-0.1, -0.05) is 54.7 Å². The van der Waals surface area contributed by atoms with Crippen LogP contribution in [0, 0.1) is 0 Å². The molecule has 0 unspecified atom stereocenters. The average molecular weight is 631 g/mol. The van der Waals surface area contributed by atoms with Crippen LogP contribution in [-0.2, 0) is 32.3 Å². The van der Waals surface area contributed by atoms with Gasteiger partial charge in [-0.2, -0.15) is 13.2 Å². The number of carbonyl (C=O) groups is 2. The molecular weight excluding hydrogens is 602 g/mol. The van der Waals surface area contributed by atoms with Crippen molar-refractivity contribution in [2.75, 3.05) is 17.1 Å². The Kier molecular flexibility index (Phi) is 11.4. The number of nitrogens with one attached hydrogen (secondary N) is 1. The molecule has 14 heteroatoms. The van der Waals surface area contributed by atoms with E-state index in [4.69, 9.17) is 34.8 Å². The minimum absolute atomic E-state index is 0.155. The van der Waals surface area contributed by atoms with E-state index in [1.165, 1.54) is 12.1 Å². The van der Waals surface area contributed by atoms with Crippen LogP contribution >= 0.6 is 34.8 Å². The van der Waals surface area contributed by atoms with Gasteiger partial charge in [-0.05, 0) is 55.7 Å². The first-order valence-corrected chi connectivity index (χ1v) is 14.9. The molecule has 0 bridgehead atoms. The number of anilines is 1. The summed E-state index contributed by atoms with van der Waals surface area (Å²) in [7, 11) is -4.30. The van der Waals surface area contributed by atoms with Crippen LogP contribution in [-0.4, -0.2) is 50.0 Å². The van der Waals surface area contributed by atoms with Gasteiger partial charge >= 0.3 is 6.18 Å². The molecule has 1 N–H and O–H groups in total. The van der Waals surface area contributed by atoms with Crippen LogP contribution in [0.3, 0.4) is 0 Å². The van der Waals surface area contributed by atoms with Gasteiger partial charge in [0, 0.05) is 22.6 Å². The maximum atomic E-state index is 13.7. The number of alkyl halides is 3. The van der Waals surface area contributed by atoms with E-state index in [2.05, 4.69) is 5.32 Å². The second kappa shape index (κ2) is 13.4. The van der Waals surface area contributed by atoms with Crippen molar-refractivity contribution in [2.24, 2.45) is 0 Å². The van der Waals surface area contributed by atoms with Crippen molar-refractivity contribution in [1.29, 1.82) is 0 Å². The zero-order valence-corrected chi connectivity index (χ0v) is 24.7. The lowest BCUT2D eigenvalue weighted by Gasteiger charge is -2.33. The van der Waals surface area contributed by atoms with Crippen molar-refractivity contribution >= 4 is 62.3 Å². The fourth-order valence-electron chi connectivity index (χ4n) is 3.67. The number of carbonyl (C=O) groups excluding carboxylic acids is 2. The molecule has 0 fully saturated rings. The molecule has 0 aliphatic carbocycles. The summed E-state index contributed by atoms with van der Waals surface area (Å²) in [4.78, 5) is 28.0. The molecule has 0 saturated heterocycles. The van der Waals surface area contributed by atoms with Crippen LogP contribution < -0.4 is 9.62 Å². The number of benzene rings is 2. The smallest absolute Gasteiger partial charge is 0.352 e. The maximum Gasteiger partial charge on any atom is 0.416 e. The van der Waals surface area contributed by atoms with Gasteiger partial charge in [0.25, 0.3) is 0 Å². The summed E-state index contributed by atoms with van der Waals surface area (Å²) in [6.07, 6.45) is -3.27. The van der Waals surface area contributed by atoms with Crippen LogP contribution in [0.25, 0.3) is 0 Å². The SMILES string of the molecule is CC[C@H](C(=O)N[C@@H](C)CC)N(Cc1ccc(Cl)cc1Cl)C(=O)CN(c1cc(C(F)(F)F)ccc1Cl)S(C)(=O)=O. The van der Waals surface area contributed by atoms with Gasteiger partial charge in [0.1, 0.15) is 12.6 Å². The molecule has 0 spiro atoms. The van der Waals surface area contributed by atoms with Crippen molar-refractivity contribution in [1.82, 2.24) is 10.2 Å².